The fourth-order valence-electron chi connectivity index (χ4n) is 0.769. The average Bonchev–Trinajstić information content (AvgIpc) is 1.95. The Kier molecular flexibility index (Phi) is 5.28. The second-order valence-corrected chi connectivity index (χ2v) is 8.93. The van der Waals surface area contributed by atoms with E-state index in [2.05, 4.69) is 38.0 Å². The van der Waals surface area contributed by atoms with Gasteiger partial charge in [-0.3, -0.25) is 0 Å². The molecule has 0 aliphatic heterocycles. The van der Waals surface area contributed by atoms with Gasteiger partial charge in [-0.05, 0) is 6.42 Å². The molecular weight excluding hydrogens is 164 g/mol. The molecule has 0 amide bonds. The summed E-state index contributed by atoms with van der Waals surface area (Å²) in [7, 11) is -1.28. The van der Waals surface area contributed by atoms with Crippen LogP contribution in [-0.4, -0.2) is 19.3 Å². The Morgan fingerprint density at radius 2 is 1.92 bits per heavy atom. The van der Waals surface area contributed by atoms with Crippen LogP contribution in [0.2, 0.25) is 19.6 Å². The highest BCUT2D eigenvalue weighted by Crippen LogP contribution is 2.01. The molecule has 0 radical (unpaired) electrons. The lowest BCUT2D eigenvalue weighted by Crippen LogP contribution is -2.17. The monoisotopic (exact) mass is 184 g/mol. The molecule has 0 aromatic carbocycles. The van der Waals surface area contributed by atoms with Gasteiger partial charge in [-0.2, -0.15) is 0 Å². The molecule has 0 rings (SSSR count). The van der Waals surface area contributed by atoms with Crippen molar-refractivity contribution in [2.24, 2.45) is 0 Å². The molecule has 0 saturated carbocycles. The van der Waals surface area contributed by atoms with Gasteiger partial charge in [0.15, 0.2) is 0 Å². The predicted molar refractivity (Wildman–Crippen MR) is 56.7 cm³/mol. The number of hydrogen-bond donors (Lipinski definition) is 1. The minimum atomic E-state index is -1.28. The highest BCUT2D eigenvalue weighted by molar-refractivity contribution is 6.83. The van der Waals surface area contributed by atoms with Gasteiger partial charge in [-0.25, -0.2) is 0 Å². The number of rotatable bonds is 3. The SMILES string of the molecule is CCCC[C@H](O)C#C[Si](C)(C)C. The molecule has 0 spiro atoms. The van der Waals surface area contributed by atoms with E-state index in [0.717, 1.165) is 19.3 Å². The van der Waals surface area contributed by atoms with Crippen LogP contribution in [0.5, 0.6) is 0 Å². The van der Waals surface area contributed by atoms with Crippen molar-refractivity contribution in [1.82, 2.24) is 0 Å². The van der Waals surface area contributed by atoms with Crippen LogP contribution in [0.15, 0.2) is 0 Å². The Balaban J connectivity index is 3.79. The number of unbranched alkanes of at least 4 members (excludes halogenated alkanes) is 1. The van der Waals surface area contributed by atoms with E-state index in [-0.39, 0.29) is 0 Å². The Hall–Kier alpha value is -0.263. The minimum Gasteiger partial charge on any atom is -0.380 e. The highest BCUT2D eigenvalue weighted by atomic mass is 28.3. The molecular formula is C10H20OSi. The average molecular weight is 184 g/mol. The molecule has 0 aliphatic carbocycles. The van der Waals surface area contributed by atoms with E-state index in [1.165, 1.54) is 0 Å². The van der Waals surface area contributed by atoms with Gasteiger partial charge in [0.05, 0.1) is 0 Å². The topological polar surface area (TPSA) is 20.2 Å². The van der Waals surface area contributed by atoms with Crippen molar-refractivity contribution in [3.8, 4) is 11.5 Å². The molecule has 0 fully saturated rings. The van der Waals surface area contributed by atoms with E-state index < -0.39 is 14.2 Å². The smallest absolute Gasteiger partial charge is 0.129 e. The van der Waals surface area contributed by atoms with E-state index in [4.69, 9.17) is 0 Å². The maximum Gasteiger partial charge on any atom is 0.129 e. The largest absolute Gasteiger partial charge is 0.380 e. The van der Waals surface area contributed by atoms with Gasteiger partial charge in [0.1, 0.15) is 14.2 Å². The van der Waals surface area contributed by atoms with Crippen LogP contribution in [0.1, 0.15) is 26.2 Å². The normalized spacial score (nSPS) is 13.4. The van der Waals surface area contributed by atoms with Gasteiger partial charge in [-0.15, -0.1) is 5.54 Å². The number of aliphatic hydroxyl groups is 1. The quantitative estimate of drug-likeness (QED) is 0.527. The predicted octanol–water partition coefficient (Wildman–Crippen LogP) is 2.42. The van der Waals surface area contributed by atoms with Crippen molar-refractivity contribution >= 4 is 8.07 Å². The first-order valence-corrected chi connectivity index (χ1v) is 8.16. The Bertz CT molecular complexity index is 171. The number of hydrogen-bond acceptors (Lipinski definition) is 1. The maximum atomic E-state index is 9.39. The van der Waals surface area contributed by atoms with Crippen molar-refractivity contribution in [3.63, 3.8) is 0 Å². The molecule has 0 aromatic heterocycles. The Morgan fingerprint density at radius 3 is 2.33 bits per heavy atom. The van der Waals surface area contributed by atoms with Gasteiger partial charge in [0.25, 0.3) is 0 Å². The molecule has 70 valence electrons. The highest BCUT2D eigenvalue weighted by Gasteiger charge is 2.08. The summed E-state index contributed by atoms with van der Waals surface area (Å²) in [6.07, 6.45) is 2.64. The second-order valence-electron chi connectivity index (χ2n) is 4.18. The first-order chi connectivity index (χ1) is 5.45. The fraction of sp³-hybridized carbons (Fsp3) is 0.800. The summed E-state index contributed by atoms with van der Waals surface area (Å²) in [4.78, 5) is 0. The van der Waals surface area contributed by atoms with Gasteiger partial charge >= 0.3 is 0 Å². The molecule has 0 saturated heterocycles. The second kappa shape index (κ2) is 5.39. The van der Waals surface area contributed by atoms with E-state index in [1.807, 2.05) is 0 Å². The molecule has 0 heterocycles. The lowest BCUT2D eigenvalue weighted by Gasteiger charge is -2.05. The summed E-state index contributed by atoms with van der Waals surface area (Å²) in [6, 6.07) is 0. The Labute approximate surface area is 77.2 Å². The first kappa shape index (κ1) is 11.7. The number of aliphatic hydroxyl groups excluding tert-OH is 1. The summed E-state index contributed by atoms with van der Waals surface area (Å²) in [6.45, 7) is 8.68. The van der Waals surface area contributed by atoms with Crippen molar-refractivity contribution in [2.75, 3.05) is 0 Å². The summed E-state index contributed by atoms with van der Waals surface area (Å²) in [5.41, 5.74) is 3.17. The van der Waals surface area contributed by atoms with E-state index in [9.17, 15) is 5.11 Å². The summed E-state index contributed by atoms with van der Waals surface area (Å²) in [5.74, 6) is 2.92. The molecule has 0 aliphatic rings. The third-order valence-corrected chi connectivity index (χ3v) is 2.34. The lowest BCUT2D eigenvalue weighted by molar-refractivity contribution is 0.218. The van der Waals surface area contributed by atoms with E-state index in [0.29, 0.717) is 0 Å². The standard InChI is InChI=1S/C10H20OSi/c1-5-6-7-10(11)8-9-12(2,3)4/h10-11H,5-7H2,1-4H3/t10-/m0/s1. The van der Waals surface area contributed by atoms with Crippen LogP contribution in [0.3, 0.4) is 0 Å². The lowest BCUT2D eigenvalue weighted by atomic mass is 10.2. The molecule has 1 nitrogen and oxygen atoms in total. The minimum absolute atomic E-state index is 0.392. The zero-order valence-electron chi connectivity index (χ0n) is 8.65. The van der Waals surface area contributed by atoms with E-state index in [1.54, 1.807) is 0 Å². The zero-order chi connectivity index (χ0) is 9.61. The maximum absolute atomic E-state index is 9.39. The molecule has 2 heteroatoms. The molecule has 1 N–H and O–H groups in total. The molecule has 12 heavy (non-hydrogen) atoms. The third-order valence-electron chi connectivity index (χ3n) is 1.44. The summed E-state index contributed by atoms with van der Waals surface area (Å²) >= 11 is 0. The van der Waals surface area contributed by atoms with Gasteiger partial charge in [0, 0.05) is 0 Å². The molecule has 1 atom stereocenters. The van der Waals surface area contributed by atoms with Crippen LogP contribution < -0.4 is 0 Å². The fourth-order valence-corrected chi connectivity index (χ4v) is 1.37. The van der Waals surface area contributed by atoms with Gasteiger partial charge in [-0.1, -0.05) is 45.3 Å². The van der Waals surface area contributed by atoms with Crippen molar-refractivity contribution in [2.45, 2.75) is 51.9 Å². The van der Waals surface area contributed by atoms with Crippen molar-refractivity contribution in [3.05, 3.63) is 0 Å². The van der Waals surface area contributed by atoms with Gasteiger partial charge < -0.3 is 5.11 Å². The van der Waals surface area contributed by atoms with Crippen LogP contribution in [0, 0.1) is 11.5 Å². The van der Waals surface area contributed by atoms with Crippen LogP contribution in [0.4, 0.5) is 0 Å². The molecule has 0 aromatic rings. The van der Waals surface area contributed by atoms with Crippen molar-refractivity contribution in [1.29, 1.82) is 0 Å². The van der Waals surface area contributed by atoms with Crippen molar-refractivity contribution < 1.29 is 5.11 Å². The summed E-state index contributed by atoms with van der Waals surface area (Å²) < 4.78 is 0. The molecule has 0 unspecified atom stereocenters. The third kappa shape index (κ3) is 7.84. The summed E-state index contributed by atoms with van der Waals surface area (Å²) in [5, 5.41) is 9.39. The molecule has 0 bridgehead atoms. The van der Waals surface area contributed by atoms with Crippen LogP contribution in [0.25, 0.3) is 0 Å². The van der Waals surface area contributed by atoms with Crippen LogP contribution in [-0.2, 0) is 0 Å². The van der Waals surface area contributed by atoms with Gasteiger partial charge in [0.2, 0.25) is 0 Å². The Morgan fingerprint density at radius 1 is 1.33 bits per heavy atom. The first-order valence-electron chi connectivity index (χ1n) is 4.66. The zero-order valence-corrected chi connectivity index (χ0v) is 9.65. The van der Waals surface area contributed by atoms with E-state index >= 15 is 0 Å². The van der Waals surface area contributed by atoms with Crippen LogP contribution >= 0.6 is 0 Å².